The topological polar surface area (TPSA) is 42.0 Å². The first-order valence-corrected chi connectivity index (χ1v) is 7.48. The van der Waals surface area contributed by atoms with Gasteiger partial charge in [-0.2, -0.15) is 0 Å². The number of fused-ring (bicyclic) bond motifs is 1. The van der Waals surface area contributed by atoms with Gasteiger partial charge in [0.05, 0.1) is 12.1 Å². The predicted octanol–water partition coefficient (Wildman–Crippen LogP) is 3.67. The maximum absolute atomic E-state index is 12.1. The zero-order valence-corrected chi connectivity index (χ0v) is 13.0. The number of rotatable bonds is 2. The zero-order valence-electron chi connectivity index (χ0n) is 12.2. The Morgan fingerprint density at radius 2 is 1.96 bits per heavy atom. The molecule has 0 aliphatic rings. The van der Waals surface area contributed by atoms with Crippen molar-refractivity contribution < 1.29 is 4.79 Å². The molecule has 4 heteroatoms. The second kappa shape index (κ2) is 6.95. The van der Waals surface area contributed by atoms with Crippen molar-refractivity contribution in [2.75, 3.05) is 6.54 Å². The van der Waals surface area contributed by atoms with Crippen LogP contribution in [-0.2, 0) is 0 Å². The SMILES string of the molecule is O=C(NCC#Cc1cccc(Cl)c1)c1ccc2ccccc2n1. The van der Waals surface area contributed by atoms with Crippen LogP contribution in [0.4, 0.5) is 0 Å². The van der Waals surface area contributed by atoms with E-state index in [2.05, 4.69) is 22.1 Å². The molecule has 1 aromatic heterocycles. The molecule has 0 saturated carbocycles. The first-order chi connectivity index (χ1) is 11.2. The molecular formula is C19H13ClN2O. The number of pyridine rings is 1. The van der Waals surface area contributed by atoms with E-state index in [0.29, 0.717) is 10.7 Å². The van der Waals surface area contributed by atoms with Crippen molar-refractivity contribution in [1.82, 2.24) is 10.3 Å². The molecule has 0 saturated heterocycles. The number of halogens is 1. The summed E-state index contributed by atoms with van der Waals surface area (Å²) in [5.41, 5.74) is 1.99. The maximum atomic E-state index is 12.1. The minimum absolute atomic E-state index is 0.240. The molecule has 0 spiro atoms. The van der Waals surface area contributed by atoms with Gasteiger partial charge in [-0.3, -0.25) is 4.79 Å². The highest BCUT2D eigenvalue weighted by Gasteiger charge is 2.06. The van der Waals surface area contributed by atoms with Crippen molar-refractivity contribution in [3.8, 4) is 11.8 Å². The van der Waals surface area contributed by atoms with Crippen molar-refractivity contribution in [2.24, 2.45) is 0 Å². The largest absolute Gasteiger partial charge is 0.340 e. The van der Waals surface area contributed by atoms with Crippen molar-refractivity contribution in [2.45, 2.75) is 0 Å². The van der Waals surface area contributed by atoms with E-state index in [1.165, 1.54) is 0 Å². The Hall–Kier alpha value is -2.83. The highest BCUT2D eigenvalue weighted by molar-refractivity contribution is 6.30. The average molecular weight is 321 g/mol. The van der Waals surface area contributed by atoms with E-state index in [1.54, 1.807) is 18.2 Å². The summed E-state index contributed by atoms with van der Waals surface area (Å²) in [5, 5.41) is 4.38. The van der Waals surface area contributed by atoms with Gasteiger partial charge in [0.25, 0.3) is 5.91 Å². The fourth-order valence-electron chi connectivity index (χ4n) is 2.12. The summed E-state index contributed by atoms with van der Waals surface area (Å²) in [5.74, 6) is 5.61. The van der Waals surface area contributed by atoms with Crippen LogP contribution < -0.4 is 5.32 Å². The van der Waals surface area contributed by atoms with E-state index in [0.717, 1.165) is 16.5 Å². The van der Waals surface area contributed by atoms with Crippen LogP contribution in [0.15, 0.2) is 60.7 Å². The van der Waals surface area contributed by atoms with Crippen LogP contribution in [0.3, 0.4) is 0 Å². The predicted molar refractivity (Wildman–Crippen MR) is 92.4 cm³/mol. The molecule has 3 aromatic rings. The van der Waals surface area contributed by atoms with Crippen LogP contribution >= 0.6 is 11.6 Å². The van der Waals surface area contributed by atoms with Gasteiger partial charge in [0.2, 0.25) is 0 Å². The second-order valence-electron chi connectivity index (χ2n) is 4.88. The number of benzene rings is 2. The van der Waals surface area contributed by atoms with Crippen LogP contribution in [0.2, 0.25) is 5.02 Å². The Morgan fingerprint density at radius 1 is 1.09 bits per heavy atom. The van der Waals surface area contributed by atoms with E-state index >= 15 is 0 Å². The van der Waals surface area contributed by atoms with Gasteiger partial charge >= 0.3 is 0 Å². The minimum atomic E-state index is -0.240. The molecule has 0 unspecified atom stereocenters. The van der Waals surface area contributed by atoms with Gasteiger partial charge < -0.3 is 5.32 Å². The number of amides is 1. The molecule has 0 atom stereocenters. The Morgan fingerprint density at radius 3 is 2.83 bits per heavy atom. The molecule has 0 fully saturated rings. The molecule has 3 rings (SSSR count). The highest BCUT2D eigenvalue weighted by Crippen LogP contribution is 2.11. The lowest BCUT2D eigenvalue weighted by Gasteiger charge is -2.02. The minimum Gasteiger partial charge on any atom is -0.340 e. The van der Waals surface area contributed by atoms with Gasteiger partial charge in [0.15, 0.2) is 0 Å². The number of hydrogen-bond donors (Lipinski definition) is 1. The molecule has 2 aromatic carbocycles. The summed E-state index contributed by atoms with van der Waals surface area (Å²) in [6, 6.07) is 18.5. The Bertz CT molecular complexity index is 925. The first kappa shape index (κ1) is 15.1. The lowest BCUT2D eigenvalue weighted by atomic mass is 10.2. The molecule has 0 aliphatic carbocycles. The smallest absolute Gasteiger partial charge is 0.270 e. The lowest BCUT2D eigenvalue weighted by Crippen LogP contribution is -2.24. The van der Waals surface area contributed by atoms with Crippen LogP contribution in [-0.4, -0.2) is 17.4 Å². The van der Waals surface area contributed by atoms with Crippen molar-refractivity contribution >= 4 is 28.4 Å². The maximum Gasteiger partial charge on any atom is 0.270 e. The van der Waals surface area contributed by atoms with Gasteiger partial charge in [-0.05, 0) is 30.3 Å². The molecule has 0 aliphatic heterocycles. The number of para-hydroxylation sites is 1. The zero-order chi connectivity index (χ0) is 16.1. The third-order valence-electron chi connectivity index (χ3n) is 3.23. The standard InChI is InChI=1S/C19H13ClN2O/c20-16-8-3-5-14(13-16)6-4-12-21-19(23)18-11-10-15-7-1-2-9-17(15)22-18/h1-3,5,7-11,13H,12H2,(H,21,23). The summed E-state index contributed by atoms with van der Waals surface area (Å²) in [6.07, 6.45) is 0. The number of carbonyl (C=O) groups is 1. The van der Waals surface area contributed by atoms with Gasteiger partial charge in [0.1, 0.15) is 5.69 Å². The normalized spacial score (nSPS) is 9.96. The molecule has 3 nitrogen and oxygen atoms in total. The fourth-order valence-corrected chi connectivity index (χ4v) is 2.31. The van der Waals surface area contributed by atoms with E-state index in [1.807, 2.05) is 42.5 Å². The van der Waals surface area contributed by atoms with Crippen molar-refractivity contribution in [1.29, 1.82) is 0 Å². The lowest BCUT2D eigenvalue weighted by molar-refractivity contribution is 0.0954. The van der Waals surface area contributed by atoms with Gasteiger partial charge in [-0.1, -0.05) is 53.8 Å². The average Bonchev–Trinajstić information content (AvgIpc) is 2.58. The Balaban J connectivity index is 1.65. The van der Waals surface area contributed by atoms with Crippen molar-refractivity contribution in [3.05, 3.63) is 76.9 Å². The summed E-state index contributed by atoms with van der Waals surface area (Å²) in [6.45, 7) is 0.250. The van der Waals surface area contributed by atoms with Crippen LogP contribution in [0.1, 0.15) is 16.1 Å². The second-order valence-corrected chi connectivity index (χ2v) is 5.32. The number of aromatic nitrogens is 1. The van der Waals surface area contributed by atoms with E-state index < -0.39 is 0 Å². The third kappa shape index (κ3) is 3.88. The summed E-state index contributed by atoms with van der Waals surface area (Å²) >= 11 is 5.89. The number of carbonyl (C=O) groups excluding carboxylic acids is 1. The molecule has 1 amide bonds. The van der Waals surface area contributed by atoms with E-state index in [-0.39, 0.29) is 12.5 Å². The van der Waals surface area contributed by atoms with Crippen LogP contribution in [0.5, 0.6) is 0 Å². The number of nitrogens with zero attached hydrogens (tertiary/aromatic N) is 1. The van der Waals surface area contributed by atoms with E-state index in [9.17, 15) is 4.79 Å². The highest BCUT2D eigenvalue weighted by atomic mass is 35.5. The monoisotopic (exact) mass is 320 g/mol. The van der Waals surface area contributed by atoms with Crippen LogP contribution in [0.25, 0.3) is 10.9 Å². The quantitative estimate of drug-likeness (QED) is 0.732. The number of nitrogens with one attached hydrogen (secondary N) is 1. The molecular weight excluding hydrogens is 308 g/mol. The molecule has 1 N–H and O–H groups in total. The fraction of sp³-hybridized carbons (Fsp3) is 0.0526. The molecule has 23 heavy (non-hydrogen) atoms. The Kier molecular flexibility index (Phi) is 4.56. The van der Waals surface area contributed by atoms with E-state index in [4.69, 9.17) is 11.6 Å². The van der Waals surface area contributed by atoms with Gasteiger partial charge in [-0.15, -0.1) is 0 Å². The van der Waals surface area contributed by atoms with Crippen molar-refractivity contribution in [3.63, 3.8) is 0 Å². The Labute approximate surface area is 139 Å². The molecule has 0 bridgehead atoms. The summed E-state index contributed by atoms with van der Waals surface area (Å²) in [7, 11) is 0. The van der Waals surface area contributed by atoms with Gasteiger partial charge in [-0.25, -0.2) is 4.98 Å². The molecule has 0 radical (unpaired) electrons. The first-order valence-electron chi connectivity index (χ1n) is 7.11. The summed E-state index contributed by atoms with van der Waals surface area (Å²) < 4.78 is 0. The third-order valence-corrected chi connectivity index (χ3v) is 3.46. The van der Waals surface area contributed by atoms with Crippen LogP contribution in [0, 0.1) is 11.8 Å². The number of hydrogen-bond acceptors (Lipinski definition) is 2. The molecule has 112 valence electrons. The summed E-state index contributed by atoms with van der Waals surface area (Å²) in [4.78, 5) is 16.4. The molecule has 1 heterocycles. The van der Waals surface area contributed by atoms with Gasteiger partial charge in [0, 0.05) is 16.0 Å².